The van der Waals surface area contributed by atoms with E-state index >= 15 is 0 Å². The molecule has 0 unspecified atom stereocenters. The smallest absolute Gasteiger partial charge is 0.249 e. The molecule has 0 saturated carbocycles. The van der Waals surface area contributed by atoms with Crippen molar-refractivity contribution in [1.82, 2.24) is 0 Å². The lowest BCUT2D eigenvalue weighted by Gasteiger charge is -2.12. The summed E-state index contributed by atoms with van der Waals surface area (Å²) in [6.45, 7) is 5.19. The largest absolute Gasteiger partial charge is 0.494 e. The van der Waals surface area contributed by atoms with E-state index in [1.165, 1.54) is 0 Å². The number of amides is 1. The average Bonchev–Trinajstić information content (AvgIpc) is 2.48. The van der Waals surface area contributed by atoms with Crippen molar-refractivity contribution < 1.29 is 9.53 Å². The van der Waals surface area contributed by atoms with Crippen molar-refractivity contribution in [2.24, 2.45) is 5.73 Å². The molecule has 0 fully saturated rings. The monoisotopic (exact) mass is 284 g/mol. The molecule has 3 N–H and O–H groups in total. The lowest BCUT2D eigenvalue weighted by Crippen LogP contribution is -2.13. The molecule has 0 spiro atoms. The molecule has 0 aliphatic carbocycles. The van der Waals surface area contributed by atoms with E-state index in [-0.39, 0.29) is 0 Å². The van der Waals surface area contributed by atoms with Gasteiger partial charge in [0, 0.05) is 17.8 Å². The van der Waals surface area contributed by atoms with Crippen LogP contribution in [0.4, 0.5) is 5.69 Å². The van der Waals surface area contributed by atoms with Crippen molar-refractivity contribution in [3.8, 4) is 5.75 Å². The van der Waals surface area contributed by atoms with Gasteiger partial charge in [-0.25, -0.2) is 0 Å². The summed E-state index contributed by atoms with van der Waals surface area (Å²) in [5.74, 6) is 0.463. The molecule has 21 heavy (non-hydrogen) atoms. The van der Waals surface area contributed by atoms with Crippen LogP contribution in [0, 0.1) is 6.92 Å². The summed E-state index contributed by atoms with van der Waals surface area (Å²) in [6.07, 6.45) is 0. The molecule has 2 aromatic rings. The second-order valence-electron chi connectivity index (χ2n) is 4.77. The van der Waals surface area contributed by atoms with E-state index in [1.807, 2.05) is 50.2 Å². The van der Waals surface area contributed by atoms with E-state index < -0.39 is 5.91 Å². The molecule has 4 nitrogen and oxygen atoms in total. The quantitative estimate of drug-likeness (QED) is 0.856. The van der Waals surface area contributed by atoms with Crippen molar-refractivity contribution in [3.63, 3.8) is 0 Å². The summed E-state index contributed by atoms with van der Waals surface area (Å²) in [5, 5.41) is 3.33. The average molecular weight is 284 g/mol. The first-order chi connectivity index (χ1) is 10.1. The Bertz CT molecular complexity index is 621. The molecule has 0 radical (unpaired) electrons. The van der Waals surface area contributed by atoms with E-state index in [0.29, 0.717) is 18.7 Å². The van der Waals surface area contributed by atoms with Crippen LogP contribution in [0.5, 0.6) is 5.75 Å². The van der Waals surface area contributed by atoms with Gasteiger partial charge in [-0.3, -0.25) is 4.79 Å². The molecule has 4 heteroatoms. The number of hydrogen-bond donors (Lipinski definition) is 2. The fourth-order valence-corrected chi connectivity index (χ4v) is 2.16. The first-order valence-corrected chi connectivity index (χ1v) is 6.97. The zero-order valence-corrected chi connectivity index (χ0v) is 12.3. The molecule has 0 bridgehead atoms. The van der Waals surface area contributed by atoms with Gasteiger partial charge in [-0.2, -0.15) is 0 Å². The normalized spacial score (nSPS) is 10.2. The Kier molecular flexibility index (Phi) is 4.82. The Morgan fingerprint density at radius 3 is 2.52 bits per heavy atom. The third kappa shape index (κ3) is 3.75. The van der Waals surface area contributed by atoms with Gasteiger partial charge in [-0.15, -0.1) is 0 Å². The number of nitrogens with two attached hydrogens (primary N) is 1. The molecule has 2 aromatic carbocycles. The highest BCUT2D eigenvalue weighted by Gasteiger charge is 2.08. The number of carbonyl (C=O) groups is 1. The van der Waals surface area contributed by atoms with Crippen LogP contribution in [0.3, 0.4) is 0 Å². The summed E-state index contributed by atoms with van der Waals surface area (Å²) in [6, 6.07) is 13.4. The maximum atomic E-state index is 11.3. The molecular weight excluding hydrogens is 264 g/mol. The Balaban J connectivity index is 2.06. The van der Waals surface area contributed by atoms with Gasteiger partial charge in [0.25, 0.3) is 0 Å². The number of anilines is 1. The molecule has 0 heterocycles. The molecule has 110 valence electrons. The van der Waals surface area contributed by atoms with Crippen LogP contribution >= 0.6 is 0 Å². The molecule has 0 aliphatic rings. The molecule has 2 rings (SSSR count). The predicted molar refractivity (Wildman–Crippen MR) is 84.6 cm³/mol. The first-order valence-electron chi connectivity index (χ1n) is 6.97. The minimum atomic E-state index is -0.405. The first kappa shape index (κ1) is 14.9. The summed E-state index contributed by atoms with van der Waals surface area (Å²) in [7, 11) is 0. The number of primary amides is 1. The Labute approximate surface area is 124 Å². The molecule has 0 aliphatic heterocycles. The summed E-state index contributed by atoms with van der Waals surface area (Å²) in [4.78, 5) is 11.3. The van der Waals surface area contributed by atoms with E-state index in [9.17, 15) is 4.79 Å². The van der Waals surface area contributed by atoms with Gasteiger partial charge < -0.3 is 15.8 Å². The van der Waals surface area contributed by atoms with Crippen molar-refractivity contribution in [2.75, 3.05) is 11.9 Å². The van der Waals surface area contributed by atoms with Gasteiger partial charge in [0.15, 0.2) is 0 Å². The minimum Gasteiger partial charge on any atom is -0.494 e. The van der Waals surface area contributed by atoms with Gasteiger partial charge in [-0.05, 0) is 49.2 Å². The van der Waals surface area contributed by atoms with Crippen LogP contribution in [0.2, 0.25) is 0 Å². The molecule has 1 amide bonds. The second-order valence-corrected chi connectivity index (χ2v) is 4.77. The maximum absolute atomic E-state index is 11.3. The number of rotatable bonds is 6. The van der Waals surface area contributed by atoms with Crippen LogP contribution in [0.1, 0.15) is 28.4 Å². The molecule has 0 aromatic heterocycles. The summed E-state index contributed by atoms with van der Waals surface area (Å²) < 4.78 is 5.41. The van der Waals surface area contributed by atoms with Crippen molar-refractivity contribution in [3.05, 3.63) is 59.2 Å². The Morgan fingerprint density at radius 1 is 1.19 bits per heavy atom. The van der Waals surface area contributed by atoms with Gasteiger partial charge in [0.1, 0.15) is 5.75 Å². The predicted octanol–water partition coefficient (Wildman–Crippen LogP) is 3.10. The van der Waals surface area contributed by atoms with Crippen LogP contribution in [0.15, 0.2) is 42.5 Å². The van der Waals surface area contributed by atoms with E-state index in [1.54, 1.807) is 6.07 Å². The number of hydrogen-bond acceptors (Lipinski definition) is 3. The second kappa shape index (κ2) is 6.79. The highest BCUT2D eigenvalue weighted by Crippen LogP contribution is 2.20. The van der Waals surface area contributed by atoms with Crippen LogP contribution in [0.25, 0.3) is 0 Å². The van der Waals surface area contributed by atoms with E-state index in [0.717, 1.165) is 22.6 Å². The standard InChI is InChI=1S/C17H20N2O2/c1-3-21-14-9-7-13(8-10-14)11-19-16-6-4-5-15(12(16)2)17(18)20/h4-10,19H,3,11H2,1-2H3,(H2,18,20). The van der Waals surface area contributed by atoms with Crippen molar-refractivity contribution in [1.29, 1.82) is 0 Å². The van der Waals surface area contributed by atoms with Gasteiger partial charge in [-0.1, -0.05) is 18.2 Å². The Hall–Kier alpha value is -2.49. The third-order valence-corrected chi connectivity index (χ3v) is 3.32. The maximum Gasteiger partial charge on any atom is 0.249 e. The van der Waals surface area contributed by atoms with Crippen LogP contribution in [-0.4, -0.2) is 12.5 Å². The highest BCUT2D eigenvalue weighted by molar-refractivity contribution is 5.95. The molecule has 0 atom stereocenters. The number of benzene rings is 2. The van der Waals surface area contributed by atoms with E-state index in [2.05, 4.69) is 5.32 Å². The number of nitrogens with one attached hydrogen (secondary N) is 1. The summed E-state index contributed by atoms with van der Waals surface area (Å²) >= 11 is 0. The van der Waals surface area contributed by atoms with Gasteiger partial charge in [0.2, 0.25) is 5.91 Å². The Morgan fingerprint density at radius 2 is 1.90 bits per heavy atom. The van der Waals surface area contributed by atoms with Crippen LogP contribution < -0.4 is 15.8 Å². The highest BCUT2D eigenvalue weighted by atomic mass is 16.5. The summed E-state index contributed by atoms with van der Waals surface area (Å²) in [5.41, 5.74) is 8.83. The fourth-order valence-electron chi connectivity index (χ4n) is 2.16. The molecular formula is C17H20N2O2. The third-order valence-electron chi connectivity index (χ3n) is 3.32. The zero-order valence-electron chi connectivity index (χ0n) is 12.3. The topological polar surface area (TPSA) is 64.3 Å². The number of carbonyl (C=O) groups excluding carboxylic acids is 1. The number of ether oxygens (including phenoxy) is 1. The minimum absolute atomic E-state index is 0.405. The lowest BCUT2D eigenvalue weighted by atomic mass is 10.1. The van der Waals surface area contributed by atoms with Gasteiger partial charge in [0.05, 0.1) is 6.61 Å². The molecule has 0 saturated heterocycles. The van der Waals surface area contributed by atoms with Crippen LogP contribution in [-0.2, 0) is 6.54 Å². The van der Waals surface area contributed by atoms with Crippen molar-refractivity contribution >= 4 is 11.6 Å². The van der Waals surface area contributed by atoms with E-state index in [4.69, 9.17) is 10.5 Å². The fraction of sp³-hybridized carbons (Fsp3) is 0.235. The van der Waals surface area contributed by atoms with Crippen molar-refractivity contribution in [2.45, 2.75) is 20.4 Å². The SMILES string of the molecule is CCOc1ccc(CNc2cccc(C(N)=O)c2C)cc1. The van der Waals surface area contributed by atoms with Gasteiger partial charge >= 0.3 is 0 Å². The lowest BCUT2D eigenvalue weighted by molar-refractivity contribution is 0.1000. The zero-order chi connectivity index (χ0) is 15.2.